The fourth-order valence-corrected chi connectivity index (χ4v) is 3.66. The standard InChI is InChI=1S/C25H22N2O3/c28-23-15-16-24(29)27(23)21-13-11-20(12-14-21)25(30)26-22(19-9-5-2-6-10-19)17-18-7-3-1-4-8-18/h1-14,22H,15-17H2,(H,26,30)/t22-/m1/s1. The van der Waals surface area contributed by atoms with Crippen molar-refractivity contribution in [2.24, 2.45) is 0 Å². The summed E-state index contributed by atoms with van der Waals surface area (Å²) >= 11 is 0. The summed E-state index contributed by atoms with van der Waals surface area (Å²) < 4.78 is 0. The lowest BCUT2D eigenvalue weighted by Gasteiger charge is -2.20. The molecule has 150 valence electrons. The fraction of sp³-hybridized carbons (Fsp3) is 0.160. The van der Waals surface area contributed by atoms with Gasteiger partial charge < -0.3 is 5.32 Å². The highest BCUT2D eigenvalue weighted by Crippen LogP contribution is 2.24. The highest BCUT2D eigenvalue weighted by molar-refractivity contribution is 6.19. The summed E-state index contributed by atoms with van der Waals surface area (Å²) in [6.07, 6.45) is 1.14. The van der Waals surface area contributed by atoms with E-state index in [9.17, 15) is 14.4 Å². The van der Waals surface area contributed by atoms with E-state index in [1.165, 1.54) is 4.90 Å². The minimum absolute atomic E-state index is 0.178. The van der Waals surface area contributed by atoms with Crippen molar-refractivity contribution in [3.8, 4) is 0 Å². The van der Waals surface area contributed by atoms with Gasteiger partial charge in [0.25, 0.3) is 5.91 Å². The summed E-state index contributed by atoms with van der Waals surface area (Å²) in [6.45, 7) is 0. The number of nitrogens with zero attached hydrogens (tertiary/aromatic N) is 1. The van der Waals surface area contributed by atoms with Gasteiger partial charge in [0.1, 0.15) is 0 Å². The lowest BCUT2D eigenvalue weighted by Crippen LogP contribution is -2.30. The highest BCUT2D eigenvalue weighted by atomic mass is 16.2. The maximum atomic E-state index is 12.9. The third-order valence-corrected chi connectivity index (χ3v) is 5.23. The predicted octanol–water partition coefficient (Wildman–Crippen LogP) is 4.05. The van der Waals surface area contributed by atoms with E-state index < -0.39 is 0 Å². The van der Waals surface area contributed by atoms with Gasteiger partial charge in [-0.3, -0.25) is 19.3 Å². The van der Waals surface area contributed by atoms with Gasteiger partial charge in [-0.15, -0.1) is 0 Å². The molecule has 1 atom stereocenters. The number of benzene rings is 3. The molecular formula is C25H22N2O3. The fourth-order valence-electron chi connectivity index (χ4n) is 3.66. The minimum atomic E-state index is -0.204. The van der Waals surface area contributed by atoms with E-state index in [1.807, 2.05) is 60.7 Å². The molecule has 1 saturated heterocycles. The lowest BCUT2D eigenvalue weighted by molar-refractivity contribution is -0.121. The monoisotopic (exact) mass is 398 g/mol. The highest BCUT2D eigenvalue weighted by Gasteiger charge is 2.30. The Morgan fingerprint density at radius 3 is 1.97 bits per heavy atom. The van der Waals surface area contributed by atoms with E-state index in [1.54, 1.807) is 24.3 Å². The third kappa shape index (κ3) is 4.30. The molecule has 0 bridgehead atoms. The van der Waals surface area contributed by atoms with Crippen molar-refractivity contribution >= 4 is 23.4 Å². The molecule has 0 saturated carbocycles. The van der Waals surface area contributed by atoms with Crippen LogP contribution in [0.3, 0.4) is 0 Å². The largest absolute Gasteiger partial charge is 0.345 e. The van der Waals surface area contributed by atoms with Crippen LogP contribution in [0.4, 0.5) is 5.69 Å². The molecule has 4 rings (SSSR count). The second-order valence-electron chi connectivity index (χ2n) is 7.30. The molecule has 1 N–H and O–H groups in total. The van der Waals surface area contributed by atoms with Crippen molar-refractivity contribution in [2.45, 2.75) is 25.3 Å². The Morgan fingerprint density at radius 1 is 0.800 bits per heavy atom. The molecule has 1 aliphatic rings. The summed E-state index contributed by atoms with van der Waals surface area (Å²) in [4.78, 5) is 37.9. The van der Waals surface area contributed by atoms with Crippen molar-refractivity contribution < 1.29 is 14.4 Å². The van der Waals surface area contributed by atoms with Gasteiger partial charge in [-0.1, -0.05) is 60.7 Å². The quantitative estimate of drug-likeness (QED) is 0.637. The molecule has 0 aromatic heterocycles. The molecule has 3 amide bonds. The zero-order chi connectivity index (χ0) is 20.9. The topological polar surface area (TPSA) is 66.5 Å². The first kappa shape index (κ1) is 19.6. The van der Waals surface area contributed by atoms with Gasteiger partial charge in [-0.25, -0.2) is 0 Å². The van der Waals surface area contributed by atoms with Crippen molar-refractivity contribution in [3.05, 3.63) is 102 Å². The number of nitrogens with one attached hydrogen (secondary N) is 1. The molecule has 3 aromatic rings. The van der Waals surface area contributed by atoms with Crippen LogP contribution < -0.4 is 10.2 Å². The number of amides is 3. The molecular weight excluding hydrogens is 376 g/mol. The van der Waals surface area contributed by atoms with E-state index in [0.717, 1.165) is 11.1 Å². The average molecular weight is 398 g/mol. The minimum Gasteiger partial charge on any atom is -0.345 e. The number of hydrogen-bond donors (Lipinski definition) is 1. The Balaban J connectivity index is 1.52. The Bertz CT molecular complexity index is 1030. The van der Waals surface area contributed by atoms with Gasteiger partial charge in [-0.05, 0) is 41.8 Å². The Kier molecular flexibility index (Phi) is 5.70. The molecule has 1 heterocycles. The normalized spacial score (nSPS) is 14.6. The van der Waals surface area contributed by atoms with E-state index in [0.29, 0.717) is 17.7 Å². The third-order valence-electron chi connectivity index (χ3n) is 5.23. The summed E-state index contributed by atoms with van der Waals surface area (Å²) in [5, 5.41) is 3.12. The van der Waals surface area contributed by atoms with Crippen molar-refractivity contribution in [1.82, 2.24) is 5.32 Å². The molecule has 3 aromatic carbocycles. The van der Waals surface area contributed by atoms with Crippen LogP contribution in [0.25, 0.3) is 0 Å². The number of imide groups is 1. The Hall–Kier alpha value is -3.73. The maximum absolute atomic E-state index is 12.9. The van der Waals surface area contributed by atoms with Crippen LogP contribution in [-0.4, -0.2) is 17.7 Å². The van der Waals surface area contributed by atoms with Crippen molar-refractivity contribution in [3.63, 3.8) is 0 Å². The summed E-state index contributed by atoms with van der Waals surface area (Å²) in [6, 6.07) is 26.3. The second-order valence-corrected chi connectivity index (χ2v) is 7.30. The van der Waals surface area contributed by atoms with Crippen molar-refractivity contribution in [1.29, 1.82) is 0 Å². The van der Waals surface area contributed by atoms with Crippen LogP contribution in [0.2, 0.25) is 0 Å². The van der Waals surface area contributed by atoms with Crippen LogP contribution in [0.5, 0.6) is 0 Å². The zero-order valence-electron chi connectivity index (χ0n) is 16.5. The molecule has 30 heavy (non-hydrogen) atoms. The van der Waals surface area contributed by atoms with Gasteiger partial charge in [0.2, 0.25) is 11.8 Å². The molecule has 1 aliphatic heterocycles. The van der Waals surface area contributed by atoms with Crippen molar-refractivity contribution in [2.75, 3.05) is 4.90 Å². The molecule has 5 heteroatoms. The molecule has 0 aliphatic carbocycles. The Labute approximate surface area is 175 Å². The lowest BCUT2D eigenvalue weighted by atomic mass is 9.98. The number of carbonyl (C=O) groups is 3. The molecule has 0 spiro atoms. The molecule has 1 fully saturated rings. The smallest absolute Gasteiger partial charge is 0.251 e. The maximum Gasteiger partial charge on any atom is 0.251 e. The molecule has 5 nitrogen and oxygen atoms in total. The van der Waals surface area contributed by atoms with Crippen LogP contribution in [0.15, 0.2) is 84.9 Å². The SMILES string of the molecule is O=C(N[C@H](Cc1ccccc1)c1ccccc1)c1ccc(N2C(=O)CCC2=O)cc1. The first-order valence-electron chi connectivity index (χ1n) is 9.97. The van der Waals surface area contributed by atoms with Gasteiger partial charge in [-0.2, -0.15) is 0 Å². The molecule has 0 radical (unpaired) electrons. The first-order valence-corrected chi connectivity index (χ1v) is 9.97. The van der Waals surface area contributed by atoms with Crippen LogP contribution in [-0.2, 0) is 16.0 Å². The number of rotatable bonds is 6. The Morgan fingerprint density at radius 2 is 1.37 bits per heavy atom. The zero-order valence-corrected chi connectivity index (χ0v) is 16.5. The predicted molar refractivity (Wildman–Crippen MR) is 115 cm³/mol. The van der Waals surface area contributed by atoms with Gasteiger partial charge in [0.15, 0.2) is 0 Å². The first-order chi connectivity index (χ1) is 14.6. The van der Waals surface area contributed by atoms with Crippen LogP contribution in [0, 0.1) is 0 Å². The number of anilines is 1. The van der Waals surface area contributed by atoms with E-state index >= 15 is 0 Å². The molecule has 0 unspecified atom stereocenters. The number of hydrogen-bond acceptors (Lipinski definition) is 3. The van der Waals surface area contributed by atoms with E-state index in [2.05, 4.69) is 5.32 Å². The van der Waals surface area contributed by atoms with Crippen LogP contribution in [0.1, 0.15) is 40.4 Å². The van der Waals surface area contributed by atoms with Gasteiger partial charge >= 0.3 is 0 Å². The van der Waals surface area contributed by atoms with Gasteiger partial charge in [0.05, 0.1) is 11.7 Å². The summed E-state index contributed by atoms with van der Waals surface area (Å²) in [7, 11) is 0. The summed E-state index contributed by atoms with van der Waals surface area (Å²) in [5.74, 6) is -0.612. The second kappa shape index (κ2) is 8.74. The average Bonchev–Trinajstić information content (AvgIpc) is 3.12. The van der Waals surface area contributed by atoms with E-state index in [-0.39, 0.29) is 36.6 Å². The number of carbonyl (C=O) groups excluding carboxylic acids is 3. The van der Waals surface area contributed by atoms with E-state index in [4.69, 9.17) is 0 Å². The van der Waals surface area contributed by atoms with Gasteiger partial charge in [0, 0.05) is 18.4 Å². The van der Waals surface area contributed by atoms with Crippen LogP contribution >= 0.6 is 0 Å². The summed E-state index contributed by atoms with van der Waals surface area (Å²) in [5.41, 5.74) is 3.14.